The van der Waals surface area contributed by atoms with E-state index in [0.717, 1.165) is 64.0 Å². The maximum atomic E-state index is 12.9. The fraction of sp³-hybridized carbons (Fsp3) is 0.360. The van der Waals surface area contributed by atoms with E-state index >= 15 is 0 Å². The zero-order chi connectivity index (χ0) is 26.5. The van der Waals surface area contributed by atoms with Crippen molar-refractivity contribution in [3.63, 3.8) is 0 Å². The van der Waals surface area contributed by atoms with Gasteiger partial charge in [0.1, 0.15) is 5.75 Å². The van der Waals surface area contributed by atoms with Crippen molar-refractivity contribution in [1.82, 2.24) is 15.0 Å². The van der Waals surface area contributed by atoms with Crippen LogP contribution < -0.4 is 15.2 Å². The topological polar surface area (TPSA) is 114 Å². The van der Waals surface area contributed by atoms with Crippen molar-refractivity contribution in [1.29, 1.82) is 0 Å². The zero-order valence-corrected chi connectivity index (χ0v) is 20.4. The SMILES string of the molecule is Oc1ccc(N=Nc2cccc(C(F)(F)F)c2)cc1/C=N/Nc1nc(N2CCCC2)nc(N2CCCC2)n1. The summed E-state index contributed by atoms with van der Waals surface area (Å²) in [6.07, 6.45) is 1.27. The Balaban J connectivity index is 1.32. The molecule has 0 unspecified atom stereocenters. The van der Waals surface area contributed by atoms with E-state index in [0.29, 0.717) is 29.1 Å². The third-order valence-corrected chi connectivity index (χ3v) is 6.22. The number of azo groups is 1. The molecule has 0 amide bonds. The van der Waals surface area contributed by atoms with Gasteiger partial charge in [-0.05, 0) is 62.1 Å². The van der Waals surface area contributed by atoms with Crippen LogP contribution in [0.4, 0.5) is 42.4 Å². The lowest BCUT2D eigenvalue weighted by Crippen LogP contribution is -2.25. The lowest BCUT2D eigenvalue weighted by molar-refractivity contribution is -0.137. The quantitative estimate of drug-likeness (QED) is 0.232. The van der Waals surface area contributed by atoms with Crippen molar-refractivity contribution in [2.75, 3.05) is 41.4 Å². The molecule has 2 aliphatic heterocycles. The number of nitrogens with one attached hydrogen (secondary N) is 1. The van der Waals surface area contributed by atoms with Crippen molar-refractivity contribution in [3.8, 4) is 5.75 Å². The van der Waals surface area contributed by atoms with E-state index in [2.05, 4.69) is 45.5 Å². The lowest BCUT2D eigenvalue weighted by Gasteiger charge is -2.20. The summed E-state index contributed by atoms with van der Waals surface area (Å²) in [5.74, 6) is 1.45. The standard InChI is InChI=1S/C25H26F3N9O/c26-25(27,28)18-6-5-7-19(15-18)33-34-20-8-9-21(38)17(14-20)16-29-35-22-30-23(36-10-1-2-11-36)32-24(31-22)37-12-3-4-13-37/h5-9,14-16,38H,1-4,10-13H2,(H,30,31,32,35)/b29-16+,34-33?. The van der Waals surface area contributed by atoms with Crippen LogP contribution in [0.25, 0.3) is 0 Å². The second-order valence-corrected chi connectivity index (χ2v) is 9.01. The number of hydrazone groups is 1. The first-order valence-electron chi connectivity index (χ1n) is 12.3. The van der Waals surface area contributed by atoms with Gasteiger partial charge in [0, 0.05) is 31.7 Å². The Bertz CT molecular complexity index is 1300. The number of aromatic nitrogens is 3. The number of benzene rings is 2. The van der Waals surface area contributed by atoms with E-state index in [1.54, 1.807) is 0 Å². The summed E-state index contributed by atoms with van der Waals surface area (Å²) in [5.41, 5.74) is 2.73. The summed E-state index contributed by atoms with van der Waals surface area (Å²) in [7, 11) is 0. The van der Waals surface area contributed by atoms with E-state index in [-0.39, 0.29) is 11.4 Å². The molecule has 2 fully saturated rings. The van der Waals surface area contributed by atoms with Crippen LogP contribution in [0.3, 0.4) is 0 Å². The van der Waals surface area contributed by atoms with Crippen molar-refractivity contribution in [3.05, 3.63) is 53.6 Å². The van der Waals surface area contributed by atoms with Crippen LogP contribution in [0, 0.1) is 0 Å². The van der Waals surface area contributed by atoms with Crippen LogP contribution in [0.5, 0.6) is 5.75 Å². The summed E-state index contributed by atoms with van der Waals surface area (Å²) in [4.78, 5) is 18.0. The Kier molecular flexibility index (Phi) is 7.33. The molecule has 0 radical (unpaired) electrons. The van der Waals surface area contributed by atoms with E-state index in [1.807, 2.05) is 0 Å². The minimum absolute atomic E-state index is 0.0558. The van der Waals surface area contributed by atoms with Crippen molar-refractivity contribution < 1.29 is 18.3 Å². The third-order valence-electron chi connectivity index (χ3n) is 6.22. The van der Waals surface area contributed by atoms with Gasteiger partial charge >= 0.3 is 6.18 Å². The van der Waals surface area contributed by atoms with E-state index < -0.39 is 11.7 Å². The number of anilines is 3. The predicted molar refractivity (Wildman–Crippen MR) is 138 cm³/mol. The molecule has 0 spiro atoms. The Morgan fingerprint density at radius 1 is 0.816 bits per heavy atom. The maximum Gasteiger partial charge on any atom is 0.416 e. The highest BCUT2D eigenvalue weighted by molar-refractivity contribution is 5.85. The molecule has 0 bridgehead atoms. The molecule has 2 aromatic carbocycles. The van der Waals surface area contributed by atoms with Gasteiger partial charge in [-0.3, -0.25) is 0 Å². The molecule has 38 heavy (non-hydrogen) atoms. The highest BCUT2D eigenvalue weighted by Crippen LogP contribution is 2.32. The average molecular weight is 526 g/mol. The number of alkyl halides is 3. The second-order valence-electron chi connectivity index (χ2n) is 9.01. The van der Waals surface area contributed by atoms with Crippen molar-refractivity contribution >= 4 is 35.4 Å². The summed E-state index contributed by atoms with van der Waals surface area (Å²) in [5, 5.41) is 22.3. The summed E-state index contributed by atoms with van der Waals surface area (Å²) >= 11 is 0. The third kappa shape index (κ3) is 6.15. The minimum Gasteiger partial charge on any atom is -0.507 e. The molecule has 198 valence electrons. The molecular weight excluding hydrogens is 499 g/mol. The molecular formula is C25H26F3N9O. The first-order valence-corrected chi connectivity index (χ1v) is 12.3. The fourth-order valence-electron chi connectivity index (χ4n) is 4.25. The number of hydrogen-bond donors (Lipinski definition) is 2. The van der Waals surface area contributed by atoms with Gasteiger partial charge in [-0.2, -0.15) is 43.5 Å². The molecule has 0 aliphatic carbocycles. The van der Waals surface area contributed by atoms with Crippen molar-refractivity contribution in [2.45, 2.75) is 31.9 Å². The van der Waals surface area contributed by atoms with Gasteiger partial charge in [0.05, 0.1) is 23.2 Å². The molecule has 2 aliphatic rings. The molecule has 0 atom stereocenters. The molecule has 1 aromatic heterocycles. The van der Waals surface area contributed by atoms with Crippen LogP contribution in [-0.4, -0.2) is 52.5 Å². The normalized spacial score (nSPS) is 16.3. The first kappa shape index (κ1) is 25.4. The van der Waals surface area contributed by atoms with Gasteiger partial charge in [0.25, 0.3) is 0 Å². The Hall–Kier alpha value is -4.29. The Morgan fingerprint density at radius 2 is 1.42 bits per heavy atom. The molecule has 2 N–H and O–H groups in total. The smallest absolute Gasteiger partial charge is 0.416 e. The number of rotatable bonds is 7. The largest absolute Gasteiger partial charge is 0.507 e. The first-order chi connectivity index (χ1) is 18.3. The van der Waals surface area contributed by atoms with Crippen LogP contribution in [-0.2, 0) is 6.18 Å². The number of aromatic hydroxyl groups is 1. The lowest BCUT2D eigenvalue weighted by atomic mass is 10.2. The van der Waals surface area contributed by atoms with Crippen LogP contribution in [0.1, 0.15) is 36.8 Å². The fourth-order valence-corrected chi connectivity index (χ4v) is 4.25. The van der Waals surface area contributed by atoms with Gasteiger partial charge in [0.15, 0.2) is 0 Å². The number of nitrogens with zero attached hydrogens (tertiary/aromatic N) is 8. The number of halogens is 3. The number of phenols is 1. The van der Waals surface area contributed by atoms with E-state index in [4.69, 9.17) is 0 Å². The summed E-state index contributed by atoms with van der Waals surface area (Å²) in [6.45, 7) is 3.56. The molecule has 3 aromatic rings. The van der Waals surface area contributed by atoms with Crippen LogP contribution in [0.15, 0.2) is 57.8 Å². The van der Waals surface area contributed by atoms with Crippen LogP contribution >= 0.6 is 0 Å². The summed E-state index contributed by atoms with van der Waals surface area (Å²) in [6, 6.07) is 8.98. The number of phenolic OH excluding ortho intramolecular Hbond substituents is 1. The monoisotopic (exact) mass is 525 g/mol. The van der Waals surface area contributed by atoms with Gasteiger partial charge in [0.2, 0.25) is 17.8 Å². The minimum atomic E-state index is -4.47. The van der Waals surface area contributed by atoms with Crippen molar-refractivity contribution in [2.24, 2.45) is 15.3 Å². The molecule has 13 heteroatoms. The van der Waals surface area contributed by atoms with Gasteiger partial charge in [-0.1, -0.05) is 6.07 Å². The molecule has 0 saturated carbocycles. The molecule has 3 heterocycles. The predicted octanol–water partition coefficient (Wildman–Crippen LogP) is 5.66. The van der Waals surface area contributed by atoms with Gasteiger partial charge < -0.3 is 14.9 Å². The highest BCUT2D eigenvalue weighted by atomic mass is 19.4. The Labute approximate surface area is 217 Å². The van der Waals surface area contributed by atoms with Crippen LogP contribution in [0.2, 0.25) is 0 Å². The average Bonchev–Trinajstić information content (AvgIpc) is 3.64. The molecule has 10 nitrogen and oxygen atoms in total. The summed E-state index contributed by atoms with van der Waals surface area (Å²) < 4.78 is 38.8. The highest BCUT2D eigenvalue weighted by Gasteiger charge is 2.30. The van der Waals surface area contributed by atoms with E-state index in [9.17, 15) is 18.3 Å². The molecule has 5 rings (SSSR count). The van der Waals surface area contributed by atoms with Gasteiger partial charge in [-0.25, -0.2) is 5.43 Å². The van der Waals surface area contributed by atoms with Gasteiger partial charge in [-0.15, -0.1) is 0 Å². The van der Waals surface area contributed by atoms with E-state index in [1.165, 1.54) is 36.5 Å². The number of hydrogen-bond acceptors (Lipinski definition) is 10. The maximum absolute atomic E-state index is 12.9. The molecule has 2 saturated heterocycles. The zero-order valence-electron chi connectivity index (χ0n) is 20.4. The second kappa shape index (κ2) is 11.0. The Morgan fingerprint density at radius 3 is 2.03 bits per heavy atom.